The van der Waals surface area contributed by atoms with Crippen LogP contribution in [0.2, 0.25) is 5.02 Å². The Hall–Kier alpha value is -0.240. The molecular formula is C11H14Cl2O. The lowest BCUT2D eigenvalue weighted by molar-refractivity contribution is 0.0604. The molecule has 3 heteroatoms. The van der Waals surface area contributed by atoms with E-state index in [0.29, 0.717) is 12.5 Å². The summed E-state index contributed by atoms with van der Waals surface area (Å²) in [6, 6.07) is 7.71. The Morgan fingerprint density at radius 1 is 1.29 bits per heavy atom. The maximum atomic E-state index is 5.80. The van der Waals surface area contributed by atoms with E-state index in [1.165, 1.54) is 0 Å². The predicted octanol–water partition coefficient (Wildman–Crippen LogP) is 4.05. The molecule has 0 amide bonds. The van der Waals surface area contributed by atoms with Gasteiger partial charge in [-0.05, 0) is 31.0 Å². The zero-order valence-electron chi connectivity index (χ0n) is 8.17. The van der Waals surface area contributed by atoms with E-state index >= 15 is 0 Å². The largest absolute Gasteiger partial charge is 0.374 e. The summed E-state index contributed by atoms with van der Waals surface area (Å²) in [4.78, 5) is 0. The predicted molar refractivity (Wildman–Crippen MR) is 61.2 cm³/mol. The van der Waals surface area contributed by atoms with Crippen LogP contribution in [0.5, 0.6) is 0 Å². The molecule has 1 aromatic carbocycles. The number of halogens is 2. The van der Waals surface area contributed by atoms with Gasteiger partial charge in [0.15, 0.2) is 0 Å². The van der Waals surface area contributed by atoms with Gasteiger partial charge in [0.2, 0.25) is 0 Å². The second kappa shape index (κ2) is 6.28. The molecule has 78 valence electrons. The van der Waals surface area contributed by atoms with Crippen molar-refractivity contribution < 1.29 is 4.74 Å². The number of hydrogen-bond donors (Lipinski definition) is 0. The molecule has 0 unspecified atom stereocenters. The highest BCUT2D eigenvalue weighted by molar-refractivity contribution is 6.30. The van der Waals surface area contributed by atoms with Crippen molar-refractivity contribution in [2.24, 2.45) is 0 Å². The molecule has 1 atom stereocenters. The first-order valence-electron chi connectivity index (χ1n) is 4.71. The number of hydrogen-bond acceptors (Lipinski definition) is 1. The van der Waals surface area contributed by atoms with Crippen LogP contribution in [0.4, 0.5) is 0 Å². The third-order valence-electron chi connectivity index (χ3n) is 1.98. The smallest absolute Gasteiger partial charge is 0.0836 e. The van der Waals surface area contributed by atoms with Crippen molar-refractivity contribution >= 4 is 23.2 Å². The van der Waals surface area contributed by atoms with E-state index in [-0.39, 0.29) is 6.10 Å². The normalized spacial score (nSPS) is 12.8. The van der Waals surface area contributed by atoms with Gasteiger partial charge in [-0.1, -0.05) is 23.7 Å². The topological polar surface area (TPSA) is 9.23 Å². The van der Waals surface area contributed by atoms with Gasteiger partial charge < -0.3 is 4.74 Å². The third kappa shape index (κ3) is 3.49. The SMILES string of the molecule is CCO[C@@H](CCCl)c1ccc(Cl)cc1. The number of benzene rings is 1. The molecule has 1 rings (SSSR count). The Bertz CT molecular complexity index is 252. The molecule has 0 heterocycles. The van der Waals surface area contributed by atoms with E-state index in [9.17, 15) is 0 Å². The fourth-order valence-electron chi connectivity index (χ4n) is 1.32. The standard InChI is InChI=1S/C11H14Cl2O/c1-2-14-11(7-8-12)9-3-5-10(13)6-4-9/h3-6,11H,2,7-8H2,1H3/t11-/m0/s1. The number of alkyl halides is 1. The Morgan fingerprint density at radius 2 is 1.93 bits per heavy atom. The number of ether oxygens (including phenoxy) is 1. The van der Waals surface area contributed by atoms with Crippen LogP contribution in [-0.2, 0) is 4.74 Å². The Morgan fingerprint density at radius 3 is 2.43 bits per heavy atom. The summed E-state index contributed by atoms with van der Waals surface area (Å²) in [6.45, 7) is 2.68. The summed E-state index contributed by atoms with van der Waals surface area (Å²) < 4.78 is 5.58. The highest BCUT2D eigenvalue weighted by Crippen LogP contribution is 2.23. The van der Waals surface area contributed by atoms with Crippen LogP contribution in [0, 0.1) is 0 Å². The minimum atomic E-state index is 0.0924. The molecule has 0 radical (unpaired) electrons. The van der Waals surface area contributed by atoms with E-state index in [4.69, 9.17) is 27.9 Å². The molecule has 0 fully saturated rings. The van der Waals surface area contributed by atoms with Crippen molar-refractivity contribution in [3.8, 4) is 0 Å². The van der Waals surface area contributed by atoms with Gasteiger partial charge in [-0.3, -0.25) is 0 Å². The van der Waals surface area contributed by atoms with Gasteiger partial charge in [0.05, 0.1) is 6.10 Å². The van der Waals surface area contributed by atoms with E-state index in [2.05, 4.69) is 0 Å². The molecule has 0 aliphatic rings. The Kier molecular flexibility index (Phi) is 5.31. The second-order valence-electron chi connectivity index (χ2n) is 2.97. The molecule has 0 spiro atoms. The summed E-state index contributed by atoms with van der Waals surface area (Å²) in [6.07, 6.45) is 0.923. The van der Waals surface area contributed by atoms with E-state index in [1.807, 2.05) is 31.2 Å². The van der Waals surface area contributed by atoms with E-state index in [0.717, 1.165) is 17.0 Å². The fourth-order valence-corrected chi connectivity index (χ4v) is 1.65. The Labute approximate surface area is 95.0 Å². The van der Waals surface area contributed by atoms with Crippen molar-refractivity contribution in [1.82, 2.24) is 0 Å². The lowest BCUT2D eigenvalue weighted by Gasteiger charge is -2.16. The van der Waals surface area contributed by atoms with Crippen LogP contribution in [0.15, 0.2) is 24.3 Å². The first-order chi connectivity index (χ1) is 6.77. The molecule has 0 N–H and O–H groups in total. The molecular weight excluding hydrogens is 219 g/mol. The number of rotatable bonds is 5. The van der Waals surface area contributed by atoms with Gasteiger partial charge >= 0.3 is 0 Å². The van der Waals surface area contributed by atoms with Crippen molar-refractivity contribution in [2.75, 3.05) is 12.5 Å². The van der Waals surface area contributed by atoms with Gasteiger partial charge in [-0.15, -0.1) is 11.6 Å². The van der Waals surface area contributed by atoms with Crippen molar-refractivity contribution in [2.45, 2.75) is 19.4 Å². The minimum absolute atomic E-state index is 0.0924. The summed E-state index contributed by atoms with van der Waals surface area (Å²) >= 11 is 11.5. The van der Waals surface area contributed by atoms with Crippen LogP contribution < -0.4 is 0 Å². The lowest BCUT2D eigenvalue weighted by Crippen LogP contribution is -2.04. The average Bonchev–Trinajstić information content (AvgIpc) is 2.19. The van der Waals surface area contributed by atoms with Crippen LogP contribution in [-0.4, -0.2) is 12.5 Å². The molecule has 1 nitrogen and oxygen atoms in total. The molecule has 14 heavy (non-hydrogen) atoms. The molecule has 0 saturated heterocycles. The maximum Gasteiger partial charge on any atom is 0.0836 e. The first-order valence-corrected chi connectivity index (χ1v) is 5.62. The average molecular weight is 233 g/mol. The fraction of sp³-hybridized carbons (Fsp3) is 0.455. The summed E-state index contributed by atoms with van der Waals surface area (Å²) in [5.41, 5.74) is 1.14. The summed E-state index contributed by atoms with van der Waals surface area (Å²) in [5.74, 6) is 0.604. The molecule has 0 aliphatic heterocycles. The van der Waals surface area contributed by atoms with Crippen LogP contribution in [0.3, 0.4) is 0 Å². The highest BCUT2D eigenvalue weighted by atomic mass is 35.5. The molecule has 0 aromatic heterocycles. The van der Waals surface area contributed by atoms with E-state index < -0.39 is 0 Å². The van der Waals surface area contributed by atoms with Crippen molar-refractivity contribution in [3.05, 3.63) is 34.9 Å². The minimum Gasteiger partial charge on any atom is -0.374 e. The lowest BCUT2D eigenvalue weighted by atomic mass is 10.1. The maximum absolute atomic E-state index is 5.80. The zero-order chi connectivity index (χ0) is 10.4. The zero-order valence-corrected chi connectivity index (χ0v) is 9.68. The molecule has 0 saturated carbocycles. The molecule has 0 bridgehead atoms. The van der Waals surface area contributed by atoms with Gasteiger partial charge in [0, 0.05) is 17.5 Å². The van der Waals surface area contributed by atoms with Crippen LogP contribution in [0.1, 0.15) is 25.0 Å². The second-order valence-corrected chi connectivity index (χ2v) is 3.79. The van der Waals surface area contributed by atoms with Gasteiger partial charge in [-0.2, -0.15) is 0 Å². The van der Waals surface area contributed by atoms with Crippen LogP contribution >= 0.6 is 23.2 Å². The van der Waals surface area contributed by atoms with Crippen molar-refractivity contribution in [3.63, 3.8) is 0 Å². The van der Waals surface area contributed by atoms with Gasteiger partial charge in [-0.25, -0.2) is 0 Å². The summed E-state index contributed by atoms with van der Waals surface area (Å²) in [7, 11) is 0. The quantitative estimate of drug-likeness (QED) is 0.697. The molecule has 1 aromatic rings. The Balaban J connectivity index is 2.71. The van der Waals surface area contributed by atoms with Gasteiger partial charge in [0.1, 0.15) is 0 Å². The van der Waals surface area contributed by atoms with Crippen molar-refractivity contribution in [1.29, 1.82) is 0 Å². The first kappa shape index (κ1) is 11.8. The van der Waals surface area contributed by atoms with Crippen LogP contribution in [0.25, 0.3) is 0 Å². The monoisotopic (exact) mass is 232 g/mol. The van der Waals surface area contributed by atoms with Gasteiger partial charge in [0.25, 0.3) is 0 Å². The third-order valence-corrected chi connectivity index (χ3v) is 2.45. The highest BCUT2D eigenvalue weighted by Gasteiger charge is 2.09. The summed E-state index contributed by atoms with van der Waals surface area (Å²) in [5, 5.41) is 0.745. The molecule has 0 aliphatic carbocycles. The van der Waals surface area contributed by atoms with E-state index in [1.54, 1.807) is 0 Å².